The summed E-state index contributed by atoms with van der Waals surface area (Å²) >= 11 is 0. The molecule has 1 N–H and O–H groups in total. The quantitative estimate of drug-likeness (QED) is 0.757. The Hall–Kier alpha value is -2.89. The molecule has 12 heteroatoms. The zero-order valence-corrected chi connectivity index (χ0v) is 14.4. The van der Waals surface area contributed by atoms with Gasteiger partial charge in [-0.25, -0.2) is 13.1 Å². The highest BCUT2D eigenvalue weighted by atomic mass is 32.2. The number of pyridine rings is 1. The van der Waals surface area contributed by atoms with E-state index in [0.717, 1.165) is 6.08 Å². The highest BCUT2D eigenvalue weighted by Crippen LogP contribution is 2.37. The molecule has 2 rings (SSSR count). The van der Waals surface area contributed by atoms with E-state index in [1.165, 1.54) is 23.1 Å². The molecule has 1 aromatic carbocycles. The van der Waals surface area contributed by atoms with E-state index in [1.807, 2.05) is 0 Å². The van der Waals surface area contributed by atoms with E-state index in [1.54, 1.807) is 6.07 Å². The van der Waals surface area contributed by atoms with Gasteiger partial charge in [0.1, 0.15) is 0 Å². The van der Waals surface area contributed by atoms with E-state index in [2.05, 4.69) is 4.98 Å². The normalized spacial score (nSPS) is 12.9. The molecule has 0 radical (unpaired) electrons. The lowest BCUT2D eigenvalue weighted by molar-refractivity contribution is -0.143. The van der Waals surface area contributed by atoms with Crippen LogP contribution in [0.1, 0.15) is 27.2 Å². The molecule has 28 heavy (non-hydrogen) atoms. The number of rotatable bonds is 4. The first kappa shape index (κ1) is 21.4. The van der Waals surface area contributed by atoms with Gasteiger partial charge in [-0.15, -0.1) is 0 Å². The molecule has 0 aliphatic carbocycles. The van der Waals surface area contributed by atoms with Crippen molar-refractivity contribution in [2.45, 2.75) is 12.4 Å². The van der Waals surface area contributed by atoms with Crippen LogP contribution in [0.25, 0.3) is 6.08 Å². The predicted octanol–water partition coefficient (Wildman–Crippen LogP) is 3.85. The maximum absolute atomic E-state index is 13.1. The van der Waals surface area contributed by atoms with Crippen LogP contribution in [0.5, 0.6) is 0 Å². The topological polar surface area (TPSA) is 76.1 Å². The van der Waals surface area contributed by atoms with Crippen molar-refractivity contribution in [2.75, 3.05) is 0 Å². The Kier molecular flexibility index (Phi) is 5.83. The second-order valence-electron chi connectivity index (χ2n) is 5.29. The molecule has 0 spiro atoms. The summed E-state index contributed by atoms with van der Waals surface area (Å²) in [5.74, 6) is -1.73. The lowest BCUT2D eigenvalue weighted by atomic mass is 10.0. The Morgan fingerprint density at radius 1 is 1.00 bits per heavy atom. The van der Waals surface area contributed by atoms with Crippen molar-refractivity contribution in [3.05, 3.63) is 70.4 Å². The highest BCUT2D eigenvalue weighted by molar-refractivity contribution is 7.93. The molecular weight excluding hydrogens is 414 g/mol. The minimum Gasteiger partial charge on any atom is -0.268 e. The van der Waals surface area contributed by atoms with Crippen LogP contribution < -0.4 is 4.72 Å². The van der Waals surface area contributed by atoms with Crippen molar-refractivity contribution in [1.82, 2.24) is 9.71 Å². The SMILES string of the molecule is O=C(NS(=O)(=O)/C=C/c1ccccn1)c1ccc(C(F)(F)F)cc1C(F)(F)F. The van der Waals surface area contributed by atoms with E-state index in [9.17, 15) is 39.6 Å². The standard InChI is InChI=1S/C16H10F6N2O3S/c17-15(18,19)10-4-5-12(13(9-10)16(20,21)22)14(25)24-28(26,27)8-6-11-3-1-2-7-23-11/h1-9H,(H,24,25)/b8-6+. The summed E-state index contributed by atoms with van der Waals surface area (Å²) in [4.78, 5) is 15.8. The molecule has 2 aromatic rings. The molecule has 1 amide bonds. The van der Waals surface area contributed by atoms with Gasteiger partial charge >= 0.3 is 12.4 Å². The third-order valence-electron chi connectivity index (χ3n) is 3.24. The van der Waals surface area contributed by atoms with Crippen molar-refractivity contribution in [1.29, 1.82) is 0 Å². The Bertz CT molecular complexity index is 999. The van der Waals surface area contributed by atoms with Gasteiger partial charge in [0.2, 0.25) is 0 Å². The van der Waals surface area contributed by atoms with Crippen LogP contribution in [-0.4, -0.2) is 19.3 Å². The van der Waals surface area contributed by atoms with E-state index in [0.29, 0.717) is 5.41 Å². The second-order valence-corrected chi connectivity index (χ2v) is 6.86. The van der Waals surface area contributed by atoms with Crippen molar-refractivity contribution >= 4 is 22.0 Å². The van der Waals surface area contributed by atoms with Crippen molar-refractivity contribution < 1.29 is 39.6 Å². The van der Waals surface area contributed by atoms with Gasteiger partial charge in [-0.1, -0.05) is 6.07 Å². The van der Waals surface area contributed by atoms with Crippen molar-refractivity contribution in [3.8, 4) is 0 Å². The smallest absolute Gasteiger partial charge is 0.268 e. The molecule has 0 aliphatic rings. The number of nitrogens with zero attached hydrogens (tertiary/aromatic N) is 1. The van der Waals surface area contributed by atoms with Crippen molar-refractivity contribution in [3.63, 3.8) is 0 Å². The molecule has 0 aliphatic heterocycles. The molecule has 5 nitrogen and oxygen atoms in total. The number of hydrogen-bond acceptors (Lipinski definition) is 4. The van der Waals surface area contributed by atoms with Gasteiger partial charge in [0.05, 0.1) is 27.8 Å². The fourth-order valence-electron chi connectivity index (χ4n) is 2.01. The van der Waals surface area contributed by atoms with Gasteiger partial charge in [-0.05, 0) is 36.4 Å². The van der Waals surface area contributed by atoms with Crippen LogP contribution in [0, 0.1) is 0 Å². The average molecular weight is 424 g/mol. The summed E-state index contributed by atoms with van der Waals surface area (Å²) in [6.45, 7) is 0. The number of sulfonamides is 1. The summed E-state index contributed by atoms with van der Waals surface area (Å²) in [7, 11) is -4.54. The second kappa shape index (κ2) is 7.62. The zero-order chi connectivity index (χ0) is 21.2. The van der Waals surface area contributed by atoms with Crippen LogP contribution in [0.2, 0.25) is 0 Å². The van der Waals surface area contributed by atoms with Crippen LogP contribution in [0.3, 0.4) is 0 Å². The summed E-state index contributed by atoms with van der Waals surface area (Å²) in [5.41, 5.74) is -4.63. The average Bonchev–Trinajstić information content (AvgIpc) is 2.58. The summed E-state index contributed by atoms with van der Waals surface area (Å²) in [5, 5.41) is 0.491. The van der Waals surface area contributed by atoms with E-state index < -0.39 is 45.0 Å². The number of aromatic nitrogens is 1. The molecule has 0 unspecified atom stereocenters. The maximum atomic E-state index is 13.1. The minimum absolute atomic E-state index is 0.186. The molecular formula is C16H10F6N2O3S. The number of halogens is 6. The largest absolute Gasteiger partial charge is 0.417 e. The monoisotopic (exact) mass is 424 g/mol. The number of carbonyl (C=O) groups is 1. The Labute approximate surface area is 154 Å². The number of amides is 1. The molecule has 1 heterocycles. The predicted molar refractivity (Wildman–Crippen MR) is 86.1 cm³/mol. The van der Waals surface area contributed by atoms with Gasteiger partial charge in [0, 0.05) is 6.20 Å². The lowest BCUT2D eigenvalue weighted by Gasteiger charge is -2.15. The Balaban J connectivity index is 2.34. The Morgan fingerprint density at radius 2 is 1.68 bits per heavy atom. The van der Waals surface area contributed by atoms with Crippen LogP contribution in [-0.2, 0) is 22.4 Å². The number of carbonyl (C=O) groups excluding carboxylic acids is 1. The number of alkyl halides is 6. The third kappa shape index (κ3) is 5.55. The zero-order valence-electron chi connectivity index (χ0n) is 13.5. The molecule has 0 atom stereocenters. The van der Waals surface area contributed by atoms with Crippen molar-refractivity contribution in [2.24, 2.45) is 0 Å². The molecule has 0 saturated carbocycles. The molecule has 0 bridgehead atoms. The van der Waals surface area contributed by atoms with E-state index in [-0.39, 0.29) is 23.9 Å². The maximum Gasteiger partial charge on any atom is 0.417 e. The molecule has 1 aromatic heterocycles. The van der Waals surface area contributed by atoms with Crippen LogP contribution in [0.4, 0.5) is 26.3 Å². The summed E-state index contributed by atoms with van der Waals surface area (Å²) in [6.07, 6.45) is -8.07. The summed E-state index contributed by atoms with van der Waals surface area (Å²) in [6, 6.07) is 4.77. The van der Waals surface area contributed by atoms with Crippen LogP contribution >= 0.6 is 0 Å². The third-order valence-corrected chi connectivity index (χ3v) is 4.20. The first-order valence-electron chi connectivity index (χ1n) is 7.24. The van der Waals surface area contributed by atoms with Gasteiger partial charge in [0.15, 0.2) is 0 Å². The van der Waals surface area contributed by atoms with Gasteiger partial charge in [-0.2, -0.15) is 26.3 Å². The number of benzene rings is 1. The summed E-state index contributed by atoms with van der Waals surface area (Å²) < 4.78 is 102. The number of hydrogen-bond donors (Lipinski definition) is 1. The molecule has 0 fully saturated rings. The first-order chi connectivity index (χ1) is 12.8. The number of nitrogens with one attached hydrogen (secondary N) is 1. The lowest BCUT2D eigenvalue weighted by Crippen LogP contribution is -2.31. The van der Waals surface area contributed by atoms with Gasteiger partial charge in [-0.3, -0.25) is 9.78 Å². The highest BCUT2D eigenvalue weighted by Gasteiger charge is 2.39. The van der Waals surface area contributed by atoms with Gasteiger partial charge in [0.25, 0.3) is 15.9 Å². The van der Waals surface area contributed by atoms with E-state index >= 15 is 0 Å². The van der Waals surface area contributed by atoms with E-state index in [4.69, 9.17) is 0 Å². The van der Waals surface area contributed by atoms with Crippen LogP contribution in [0.15, 0.2) is 48.0 Å². The molecule has 0 saturated heterocycles. The Morgan fingerprint density at radius 3 is 2.21 bits per heavy atom. The van der Waals surface area contributed by atoms with Gasteiger partial charge < -0.3 is 0 Å². The fraction of sp³-hybridized carbons (Fsp3) is 0.125. The molecule has 150 valence electrons. The minimum atomic E-state index is -5.32. The fourth-order valence-corrected chi connectivity index (χ4v) is 2.76. The first-order valence-corrected chi connectivity index (χ1v) is 8.79.